The van der Waals surface area contributed by atoms with Gasteiger partial charge < -0.3 is 5.32 Å². The van der Waals surface area contributed by atoms with Crippen molar-refractivity contribution < 1.29 is 0 Å². The summed E-state index contributed by atoms with van der Waals surface area (Å²) in [5.74, 6) is 0. The number of hydrogen-bond donors (Lipinski definition) is 1. The molecule has 0 radical (unpaired) electrons. The van der Waals surface area contributed by atoms with E-state index in [9.17, 15) is 0 Å². The monoisotopic (exact) mass is 214 g/mol. The Balaban J connectivity index is 0.000000138. The predicted octanol–water partition coefficient (Wildman–Crippen LogP) is 2.99. The lowest BCUT2D eigenvalue weighted by molar-refractivity contribution is 0.520. The third kappa shape index (κ3) is 3.31. The largest absolute Gasteiger partial charge is 0.317 e. The zero-order valence-electron chi connectivity index (χ0n) is 9.52. The highest BCUT2D eigenvalue weighted by Gasteiger charge is 1.93. The molecule has 0 saturated carbocycles. The van der Waals surface area contributed by atoms with Crippen LogP contribution in [0.1, 0.15) is 19.3 Å². The van der Waals surface area contributed by atoms with Crippen LogP contribution in [0.2, 0.25) is 0 Å². The van der Waals surface area contributed by atoms with Crippen molar-refractivity contribution in [1.29, 1.82) is 0 Å². The summed E-state index contributed by atoms with van der Waals surface area (Å²) in [5.41, 5.74) is 0. The molecule has 0 amide bonds. The topological polar surface area (TPSA) is 24.9 Å². The molecule has 1 saturated heterocycles. The molecule has 2 heterocycles. The number of rotatable bonds is 0. The maximum absolute atomic E-state index is 4.01. The van der Waals surface area contributed by atoms with E-state index in [0.717, 1.165) is 0 Å². The lowest BCUT2D eigenvalue weighted by atomic mass is 10.2. The second-order valence-electron chi connectivity index (χ2n) is 4.03. The van der Waals surface area contributed by atoms with E-state index in [1.165, 1.54) is 43.1 Å². The third-order valence-corrected chi connectivity index (χ3v) is 2.76. The Morgan fingerprint density at radius 3 is 2.19 bits per heavy atom. The molecule has 0 unspecified atom stereocenters. The first-order chi connectivity index (χ1) is 7.97. The molecule has 1 N–H and O–H groups in total. The first-order valence-corrected chi connectivity index (χ1v) is 5.96. The normalized spacial score (nSPS) is 15.2. The van der Waals surface area contributed by atoms with Gasteiger partial charge in [-0.2, -0.15) is 0 Å². The first kappa shape index (κ1) is 11.1. The summed E-state index contributed by atoms with van der Waals surface area (Å²) in [5, 5.41) is 5.73. The van der Waals surface area contributed by atoms with Crippen LogP contribution >= 0.6 is 0 Å². The fourth-order valence-corrected chi connectivity index (χ4v) is 1.83. The highest BCUT2D eigenvalue weighted by atomic mass is 14.9. The van der Waals surface area contributed by atoms with E-state index >= 15 is 0 Å². The molecule has 1 aliphatic heterocycles. The molecule has 1 aliphatic rings. The minimum Gasteiger partial charge on any atom is -0.317 e. The van der Waals surface area contributed by atoms with Crippen LogP contribution in [0.5, 0.6) is 0 Å². The molecule has 1 aromatic heterocycles. The van der Waals surface area contributed by atoms with Crippen LogP contribution < -0.4 is 5.32 Å². The lowest BCUT2D eigenvalue weighted by Gasteiger charge is -2.08. The van der Waals surface area contributed by atoms with E-state index < -0.39 is 0 Å². The second-order valence-corrected chi connectivity index (χ2v) is 4.03. The van der Waals surface area contributed by atoms with Gasteiger partial charge in [0.1, 0.15) is 0 Å². The molecule has 16 heavy (non-hydrogen) atoms. The number of nitrogens with zero attached hydrogens (tertiary/aromatic N) is 1. The van der Waals surface area contributed by atoms with E-state index in [0.29, 0.717) is 0 Å². The van der Waals surface area contributed by atoms with Gasteiger partial charge in [-0.15, -0.1) is 0 Å². The van der Waals surface area contributed by atoms with Crippen LogP contribution in [-0.4, -0.2) is 18.1 Å². The molecule has 2 heteroatoms. The minimum atomic E-state index is 1.20. The van der Waals surface area contributed by atoms with Crippen molar-refractivity contribution in [3.05, 3.63) is 42.7 Å². The Kier molecular flexibility index (Phi) is 4.32. The van der Waals surface area contributed by atoms with E-state index in [1.54, 1.807) is 0 Å². The van der Waals surface area contributed by atoms with Crippen molar-refractivity contribution in [2.45, 2.75) is 19.3 Å². The summed E-state index contributed by atoms with van der Waals surface area (Å²) in [6, 6.07) is 10.2. The first-order valence-electron chi connectivity index (χ1n) is 5.96. The zero-order chi connectivity index (χ0) is 11.1. The van der Waals surface area contributed by atoms with Gasteiger partial charge in [-0.1, -0.05) is 30.7 Å². The number of hydrogen-bond acceptors (Lipinski definition) is 2. The van der Waals surface area contributed by atoms with Gasteiger partial charge >= 0.3 is 0 Å². The minimum absolute atomic E-state index is 1.20. The molecule has 1 fully saturated rings. The average Bonchev–Trinajstić information content (AvgIpc) is 2.42. The van der Waals surface area contributed by atoms with Crippen LogP contribution in [0.15, 0.2) is 42.7 Å². The average molecular weight is 214 g/mol. The summed E-state index contributed by atoms with van der Waals surface area (Å²) in [6.45, 7) is 2.50. The summed E-state index contributed by atoms with van der Waals surface area (Å²) in [6.07, 6.45) is 7.89. The molecule has 0 aliphatic carbocycles. The van der Waals surface area contributed by atoms with Gasteiger partial charge in [-0.25, -0.2) is 0 Å². The van der Waals surface area contributed by atoms with E-state index in [2.05, 4.69) is 22.4 Å². The van der Waals surface area contributed by atoms with Crippen molar-refractivity contribution in [2.24, 2.45) is 0 Å². The number of nitrogens with one attached hydrogen (secondary N) is 1. The quantitative estimate of drug-likeness (QED) is 0.729. The highest BCUT2D eigenvalue weighted by Crippen LogP contribution is 2.09. The van der Waals surface area contributed by atoms with Crippen LogP contribution in [0, 0.1) is 0 Å². The predicted molar refractivity (Wildman–Crippen MR) is 68.5 cm³/mol. The van der Waals surface area contributed by atoms with Gasteiger partial charge in [0.05, 0.1) is 0 Å². The van der Waals surface area contributed by atoms with Gasteiger partial charge in [0, 0.05) is 12.4 Å². The Morgan fingerprint density at radius 1 is 0.875 bits per heavy atom. The fraction of sp³-hybridized carbons (Fsp3) is 0.357. The molecule has 1 aromatic carbocycles. The van der Waals surface area contributed by atoms with E-state index in [-0.39, 0.29) is 0 Å². The van der Waals surface area contributed by atoms with Crippen molar-refractivity contribution in [1.82, 2.24) is 10.3 Å². The molecule has 0 atom stereocenters. The van der Waals surface area contributed by atoms with Crippen LogP contribution in [-0.2, 0) is 0 Å². The summed E-state index contributed by atoms with van der Waals surface area (Å²) in [7, 11) is 0. The van der Waals surface area contributed by atoms with Gasteiger partial charge in [0.15, 0.2) is 0 Å². The maximum atomic E-state index is 4.01. The maximum Gasteiger partial charge on any atom is 0.0346 e. The fourth-order valence-electron chi connectivity index (χ4n) is 1.83. The van der Waals surface area contributed by atoms with Gasteiger partial charge in [0.25, 0.3) is 0 Å². The summed E-state index contributed by atoms with van der Waals surface area (Å²) in [4.78, 5) is 4.01. The van der Waals surface area contributed by atoms with Crippen LogP contribution in [0.25, 0.3) is 10.8 Å². The zero-order valence-corrected chi connectivity index (χ0v) is 9.52. The molecule has 3 rings (SSSR count). The van der Waals surface area contributed by atoms with Gasteiger partial charge in [0.2, 0.25) is 0 Å². The van der Waals surface area contributed by atoms with Crippen LogP contribution in [0.4, 0.5) is 0 Å². The number of pyridine rings is 1. The number of piperidine rings is 1. The van der Waals surface area contributed by atoms with Crippen molar-refractivity contribution >= 4 is 10.8 Å². The molecular weight excluding hydrogens is 196 g/mol. The Morgan fingerprint density at radius 2 is 1.62 bits per heavy atom. The van der Waals surface area contributed by atoms with Crippen LogP contribution in [0.3, 0.4) is 0 Å². The molecule has 0 bridgehead atoms. The number of benzene rings is 1. The van der Waals surface area contributed by atoms with E-state index in [4.69, 9.17) is 0 Å². The number of aromatic nitrogens is 1. The van der Waals surface area contributed by atoms with Crippen molar-refractivity contribution in [3.8, 4) is 0 Å². The second kappa shape index (κ2) is 6.23. The van der Waals surface area contributed by atoms with Gasteiger partial charge in [-0.3, -0.25) is 4.98 Å². The van der Waals surface area contributed by atoms with E-state index in [1.807, 2.05) is 30.6 Å². The highest BCUT2D eigenvalue weighted by molar-refractivity contribution is 5.80. The molecule has 0 spiro atoms. The van der Waals surface area contributed by atoms with Crippen molar-refractivity contribution in [3.63, 3.8) is 0 Å². The van der Waals surface area contributed by atoms with Crippen molar-refractivity contribution in [2.75, 3.05) is 13.1 Å². The Bertz CT molecular complexity index is 345. The Labute approximate surface area is 96.7 Å². The third-order valence-electron chi connectivity index (χ3n) is 2.76. The van der Waals surface area contributed by atoms with Gasteiger partial charge in [-0.05, 0) is 42.8 Å². The Hall–Kier alpha value is -1.41. The summed E-state index contributed by atoms with van der Waals surface area (Å²) < 4.78 is 0. The lowest BCUT2D eigenvalue weighted by Crippen LogP contribution is -2.21. The number of fused-ring (bicyclic) bond motifs is 1. The molecular formula is C14H18N2. The summed E-state index contributed by atoms with van der Waals surface area (Å²) >= 11 is 0. The molecule has 2 aromatic rings. The molecule has 2 nitrogen and oxygen atoms in total. The SMILES string of the molecule is C1CCNCC1.c1ccc2cnccc2c1. The smallest absolute Gasteiger partial charge is 0.0346 e. The molecule has 84 valence electrons. The standard InChI is InChI=1S/C9H7N.C5H11N/c1-2-4-9-7-10-6-5-8(9)3-1;1-2-4-6-5-3-1/h1-7H;6H,1-5H2.